The van der Waals surface area contributed by atoms with Gasteiger partial charge in [0.2, 0.25) is 10.0 Å². The zero-order valence-corrected chi connectivity index (χ0v) is 11.1. The van der Waals surface area contributed by atoms with Gasteiger partial charge in [-0.15, -0.1) is 0 Å². The van der Waals surface area contributed by atoms with Crippen LogP contribution < -0.4 is 4.72 Å². The molecular weight excluding hydrogens is 250 g/mol. The van der Waals surface area contributed by atoms with Gasteiger partial charge < -0.3 is 4.98 Å². The number of imidazole rings is 1. The van der Waals surface area contributed by atoms with Crippen LogP contribution in [0.1, 0.15) is 18.9 Å². The highest BCUT2D eigenvalue weighted by atomic mass is 32.2. The molecule has 0 bridgehead atoms. The van der Waals surface area contributed by atoms with E-state index < -0.39 is 10.0 Å². The molecule has 98 valence electrons. The normalized spacial score (nSPS) is 12.1. The van der Waals surface area contributed by atoms with Gasteiger partial charge in [-0.2, -0.15) is 0 Å². The lowest BCUT2D eigenvalue weighted by Crippen LogP contribution is -2.28. The molecule has 0 aliphatic carbocycles. The number of benzene rings is 1. The largest absolute Gasteiger partial charge is 0.345 e. The van der Waals surface area contributed by atoms with Crippen molar-refractivity contribution in [1.29, 1.82) is 0 Å². The lowest BCUT2D eigenvalue weighted by Gasteiger charge is -2.05. The van der Waals surface area contributed by atoms with E-state index in [4.69, 9.17) is 0 Å². The van der Waals surface area contributed by atoms with E-state index in [-0.39, 0.29) is 5.75 Å². The third kappa shape index (κ3) is 3.30. The lowest BCUT2D eigenvalue weighted by molar-refractivity contribution is 0.580. The number of nitrogens with zero attached hydrogens (tertiary/aromatic N) is 1. The molecule has 0 fully saturated rings. The van der Waals surface area contributed by atoms with Crippen LogP contribution in [0.2, 0.25) is 0 Å². The molecular formula is C12H17N3O2S. The van der Waals surface area contributed by atoms with E-state index >= 15 is 0 Å². The summed E-state index contributed by atoms with van der Waals surface area (Å²) in [5, 5.41) is 0. The van der Waals surface area contributed by atoms with Crippen molar-refractivity contribution in [3.8, 4) is 0 Å². The van der Waals surface area contributed by atoms with Crippen LogP contribution in [0.15, 0.2) is 24.5 Å². The average Bonchev–Trinajstić information content (AvgIpc) is 2.75. The summed E-state index contributed by atoms with van der Waals surface area (Å²) in [5.41, 5.74) is 2.99. The average molecular weight is 267 g/mol. The topological polar surface area (TPSA) is 74.8 Å². The SMILES string of the molecule is CCCS(=O)(=O)NCCc1ccc2nc[nH]c2c1. The molecule has 0 radical (unpaired) electrons. The Hall–Kier alpha value is -1.40. The number of fused-ring (bicyclic) bond motifs is 1. The van der Waals surface area contributed by atoms with E-state index in [1.807, 2.05) is 25.1 Å². The second kappa shape index (κ2) is 5.49. The molecule has 2 aromatic rings. The van der Waals surface area contributed by atoms with Crippen LogP contribution in [0.25, 0.3) is 11.0 Å². The third-order valence-corrected chi connectivity index (χ3v) is 4.28. The fourth-order valence-electron chi connectivity index (χ4n) is 1.83. The van der Waals surface area contributed by atoms with Crippen molar-refractivity contribution in [3.63, 3.8) is 0 Å². The molecule has 2 rings (SSSR count). The van der Waals surface area contributed by atoms with Crippen molar-refractivity contribution in [3.05, 3.63) is 30.1 Å². The van der Waals surface area contributed by atoms with Gasteiger partial charge >= 0.3 is 0 Å². The van der Waals surface area contributed by atoms with Gasteiger partial charge in [-0.3, -0.25) is 0 Å². The summed E-state index contributed by atoms with van der Waals surface area (Å²) in [5.74, 6) is 0.187. The fraction of sp³-hybridized carbons (Fsp3) is 0.417. The molecule has 5 nitrogen and oxygen atoms in total. The van der Waals surface area contributed by atoms with E-state index in [2.05, 4.69) is 14.7 Å². The quantitative estimate of drug-likeness (QED) is 0.831. The number of sulfonamides is 1. The number of nitrogens with one attached hydrogen (secondary N) is 2. The molecule has 0 aliphatic heterocycles. The second-order valence-corrected chi connectivity index (χ2v) is 6.14. The highest BCUT2D eigenvalue weighted by molar-refractivity contribution is 7.89. The van der Waals surface area contributed by atoms with Gasteiger partial charge in [-0.05, 0) is 30.5 Å². The predicted molar refractivity (Wildman–Crippen MR) is 71.9 cm³/mol. The number of aromatic nitrogens is 2. The summed E-state index contributed by atoms with van der Waals surface area (Å²) >= 11 is 0. The van der Waals surface area contributed by atoms with E-state index in [0.717, 1.165) is 16.6 Å². The molecule has 6 heteroatoms. The maximum absolute atomic E-state index is 11.5. The fourth-order valence-corrected chi connectivity index (χ4v) is 2.92. The lowest BCUT2D eigenvalue weighted by atomic mass is 10.1. The van der Waals surface area contributed by atoms with E-state index in [0.29, 0.717) is 19.4 Å². The highest BCUT2D eigenvalue weighted by Gasteiger charge is 2.07. The molecule has 1 aromatic heterocycles. The molecule has 0 amide bonds. The number of hydrogen-bond acceptors (Lipinski definition) is 3. The molecule has 0 spiro atoms. The van der Waals surface area contributed by atoms with Crippen LogP contribution >= 0.6 is 0 Å². The van der Waals surface area contributed by atoms with Crippen LogP contribution in [-0.4, -0.2) is 30.7 Å². The molecule has 1 aromatic carbocycles. The number of rotatable bonds is 6. The first kappa shape index (κ1) is 13.0. The molecule has 0 saturated carbocycles. The third-order valence-electron chi connectivity index (χ3n) is 2.69. The van der Waals surface area contributed by atoms with Crippen molar-refractivity contribution >= 4 is 21.1 Å². The minimum atomic E-state index is -3.10. The summed E-state index contributed by atoms with van der Waals surface area (Å²) in [6.07, 6.45) is 2.96. The number of aromatic amines is 1. The minimum Gasteiger partial charge on any atom is -0.345 e. The van der Waals surface area contributed by atoms with Gasteiger partial charge in [0.05, 0.1) is 23.1 Å². The Labute approximate surface area is 107 Å². The van der Waals surface area contributed by atoms with Crippen molar-refractivity contribution in [2.24, 2.45) is 0 Å². The molecule has 18 heavy (non-hydrogen) atoms. The second-order valence-electron chi connectivity index (χ2n) is 4.22. The van der Waals surface area contributed by atoms with Crippen LogP contribution in [0.5, 0.6) is 0 Å². The number of H-pyrrole nitrogens is 1. The molecule has 0 unspecified atom stereocenters. The Bertz CT molecular complexity index is 619. The number of hydrogen-bond donors (Lipinski definition) is 2. The van der Waals surface area contributed by atoms with Crippen molar-refractivity contribution in [2.45, 2.75) is 19.8 Å². The smallest absolute Gasteiger partial charge is 0.211 e. The summed E-state index contributed by atoms with van der Waals surface area (Å²) in [6.45, 7) is 2.29. The van der Waals surface area contributed by atoms with Crippen LogP contribution in [0.4, 0.5) is 0 Å². The Morgan fingerprint density at radius 2 is 2.22 bits per heavy atom. The molecule has 0 saturated heterocycles. The molecule has 0 atom stereocenters. The zero-order valence-electron chi connectivity index (χ0n) is 10.3. The van der Waals surface area contributed by atoms with Gasteiger partial charge in [-0.1, -0.05) is 13.0 Å². The molecule has 0 aliphatic rings. The Morgan fingerprint density at radius 3 is 3.00 bits per heavy atom. The first-order valence-corrected chi connectivity index (χ1v) is 7.65. The first-order chi connectivity index (χ1) is 8.61. The van der Waals surface area contributed by atoms with Crippen molar-refractivity contribution in [1.82, 2.24) is 14.7 Å². The monoisotopic (exact) mass is 267 g/mol. The van der Waals surface area contributed by atoms with E-state index in [1.165, 1.54) is 0 Å². The van der Waals surface area contributed by atoms with Gasteiger partial charge in [0.15, 0.2) is 0 Å². The molecule has 2 N–H and O–H groups in total. The van der Waals surface area contributed by atoms with Crippen molar-refractivity contribution < 1.29 is 8.42 Å². The van der Waals surface area contributed by atoms with E-state index in [9.17, 15) is 8.42 Å². The van der Waals surface area contributed by atoms with Crippen LogP contribution in [0.3, 0.4) is 0 Å². The van der Waals surface area contributed by atoms with Gasteiger partial charge in [-0.25, -0.2) is 18.1 Å². The summed E-state index contributed by atoms with van der Waals surface area (Å²) < 4.78 is 25.5. The first-order valence-electron chi connectivity index (χ1n) is 6.00. The minimum absolute atomic E-state index is 0.187. The summed E-state index contributed by atoms with van der Waals surface area (Å²) in [4.78, 5) is 7.17. The van der Waals surface area contributed by atoms with Gasteiger partial charge in [0, 0.05) is 6.54 Å². The zero-order chi connectivity index (χ0) is 13.0. The van der Waals surface area contributed by atoms with Gasteiger partial charge in [0.1, 0.15) is 0 Å². The standard InChI is InChI=1S/C12H17N3O2S/c1-2-7-18(16,17)15-6-5-10-3-4-11-12(8-10)14-9-13-11/h3-4,8-9,15H,2,5-7H2,1H3,(H,13,14). The van der Waals surface area contributed by atoms with Crippen LogP contribution in [0, 0.1) is 0 Å². The summed E-state index contributed by atoms with van der Waals surface area (Å²) in [6, 6.07) is 5.90. The van der Waals surface area contributed by atoms with E-state index in [1.54, 1.807) is 6.33 Å². The Morgan fingerprint density at radius 1 is 1.39 bits per heavy atom. The maximum atomic E-state index is 11.5. The van der Waals surface area contributed by atoms with Crippen LogP contribution in [-0.2, 0) is 16.4 Å². The Balaban J connectivity index is 1.94. The highest BCUT2D eigenvalue weighted by Crippen LogP contribution is 2.11. The molecule has 1 heterocycles. The van der Waals surface area contributed by atoms with Gasteiger partial charge in [0.25, 0.3) is 0 Å². The van der Waals surface area contributed by atoms with Crippen molar-refractivity contribution in [2.75, 3.05) is 12.3 Å². The Kier molecular flexibility index (Phi) is 3.98. The predicted octanol–water partition coefficient (Wildman–Crippen LogP) is 1.43. The maximum Gasteiger partial charge on any atom is 0.211 e. The summed E-state index contributed by atoms with van der Waals surface area (Å²) in [7, 11) is -3.10.